The Morgan fingerprint density at radius 1 is 1.19 bits per heavy atom. The van der Waals surface area contributed by atoms with Crippen molar-refractivity contribution in [2.24, 2.45) is 4.99 Å². The molecule has 0 bridgehead atoms. The van der Waals surface area contributed by atoms with Crippen LogP contribution in [0.5, 0.6) is 0 Å². The molecule has 0 saturated heterocycles. The molecule has 0 aromatic heterocycles. The van der Waals surface area contributed by atoms with Crippen LogP contribution < -0.4 is 4.72 Å². The van der Waals surface area contributed by atoms with Crippen molar-refractivity contribution < 1.29 is 8.42 Å². The molecule has 2 rings (SSSR count). The molecule has 27 heavy (non-hydrogen) atoms. The molecular formula is C19H24ClN3O2S2. The lowest BCUT2D eigenvalue weighted by atomic mass is 10.1. The standard InChI is InChI=1S/C19H24ClN3O2S2/c1-14(2)23(27(24,25)18-8-6-17(20)7-9-18)26-22-12-11-21-19-10-5-15(3)13-16(19)4/h5-11,13-14,22H,12H2,1-4H3. The van der Waals surface area contributed by atoms with Crippen molar-refractivity contribution in [2.45, 2.75) is 38.6 Å². The number of benzene rings is 2. The molecule has 0 aliphatic carbocycles. The van der Waals surface area contributed by atoms with E-state index in [1.165, 1.54) is 21.4 Å². The number of nitrogens with one attached hydrogen (secondary N) is 1. The predicted molar refractivity (Wildman–Crippen MR) is 115 cm³/mol. The monoisotopic (exact) mass is 425 g/mol. The van der Waals surface area contributed by atoms with Crippen LogP contribution in [0.15, 0.2) is 52.4 Å². The van der Waals surface area contributed by atoms with Crippen molar-refractivity contribution in [3.8, 4) is 0 Å². The molecule has 0 unspecified atom stereocenters. The van der Waals surface area contributed by atoms with E-state index >= 15 is 0 Å². The van der Waals surface area contributed by atoms with Gasteiger partial charge in [-0.15, -0.1) is 3.71 Å². The van der Waals surface area contributed by atoms with Gasteiger partial charge in [-0.3, -0.25) is 4.99 Å². The SMILES string of the molecule is Cc1ccc(N=CCNSN(C(C)C)S(=O)(=O)c2ccc(Cl)cc2)c(C)c1. The van der Waals surface area contributed by atoms with Crippen LogP contribution >= 0.6 is 23.7 Å². The highest BCUT2D eigenvalue weighted by atomic mass is 35.5. The lowest BCUT2D eigenvalue weighted by Crippen LogP contribution is -2.34. The summed E-state index contributed by atoms with van der Waals surface area (Å²) in [5.41, 5.74) is 3.20. The molecule has 0 aliphatic heterocycles. The second-order valence-electron chi connectivity index (χ2n) is 6.35. The van der Waals surface area contributed by atoms with Gasteiger partial charge in [0.25, 0.3) is 10.0 Å². The third-order valence-electron chi connectivity index (χ3n) is 3.68. The maximum absolute atomic E-state index is 12.8. The summed E-state index contributed by atoms with van der Waals surface area (Å²) < 4.78 is 30.0. The van der Waals surface area contributed by atoms with Crippen LogP contribution in [0.25, 0.3) is 0 Å². The van der Waals surface area contributed by atoms with Gasteiger partial charge < -0.3 is 0 Å². The number of aliphatic imine (C=N–C) groups is 1. The minimum absolute atomic E-state index is 0.207. The minimum Gasteiger partial charge on any atom is -0.260 e. The Morgan fingerprint density at radius 3 is 2.44 bits per heavy atom. The summed E-state index contributed by atoms with van der Waals surface area (Å²) in [5, 5.41) is 0.499. The zero-order valence-corrected chi connectivity index (χ0v) is 18.2. The molecular weight excluding hydrogens is 402 g/mol. The molecule has 8 heteroatoms. The number of nitrogens with zero attached hydrogens (tertiary/aromatic N) is 2. The Balaban J connectivity index is 2.00. The van der Waals surface area contributed by atoms with Crippen molar-refractivity contribution in [1.29, 1.82) is 0 Å². The fraction of sp³-hybridized carbons (Fsp3) is 0.316. The summed E-state index contributed by atoms with van der Waals surface area (Å²) in [6, 6.07) is 12.0. The zero-order chi connectivity index (χ0) is 20.0. The highest BCUT2D eigenvalue weighted by Gasteiger charge is 2.27. The molecule has 0 amide bonds. The highest BCUT2D eigenvalue weighted by molar-refractivity contribution is 8.07. The lowest BCUT2D eigenvalue weighted by Gasteiger charge is -2.24. The third kappa shape index (κ3) is 6.05. The van der Waals surface area contributed by atoms with Gasteiger partial charge in [-0.1, -0.05) is 29.3 Å². The van der Waals surface area contributed by atoms with Crippen LogP contribution in [0.4, 0.5) is 5.69 Å². The van der Waals surface area contributed by atoms with Crippen LogP contribution in [0.3, 0.4) is 0 Å². The zero-order valence-electron chi connectivity index (χ0n) is 15.8. The van der Waals surface area contributed by atoms with Crippen molar-refractivity contribution in [3.63, 3.8) is 0 Å². The van der Waals surface area contributed by atoms with Crippen molar-refractivity contribution in [2.75, 3.05) is 6.54 Å². The van der Waals surface area contributed by atoms with Gasteiger partial charge in [0.05, 0.1) is 10.6 Å². The Morgan fingerprint density at radius 2 is 1.85 bits per heavy atom. The second-order valence-corrected chi connectivity index (χ2v) is 9.70. The molecule has 0 radical (unpaired) electrons. The highest BCUT2D eigenvalue weighted by Crippen LogP contribution is 2.25. The molecule has 0 spiro atoms. The lowest BCUT2D eigenvalue weighted by molar-refractivity contribution is 0.500. The van der Waals surface area contributed by atoms with E-state index in [0.29, 0.717) is 11.6 Å². The van der Waals surface area contributed by atoms with E-state index in [1.807, 2.05) is 39.8 Å². The predicted octanol–water partition coefficient (Wildman–Crippen LogP) is 4.91. The van der Waals surface area contributed by atoms with E-state index in [4.69, 9.17) is 11.6 Å². The van der Waals surface area contributed by atoms with Gasteiger partial charge in [-0.25, -0.2) is 13.1 Å². The van der Waals surface area contributed by atoms with Crippen LogP contribution in [0.1, 0.15) is 25.0 Å². The van der Waals surface area contributed by atoms with Crippen molar-refractivity contribution in [1.82, 2.24) is 8.43 Å². The number of aryl methyl sites for hydroxylation is 2. The molecule has 0 fully saturated rings. The number of hydrogen-bond acceptors (Lipinski definition) is 5. The third-order valence-corrected chi connectivity index (χ3v) is 7.41. The van der Waals surface area contributed by atoms with E-state index < -0.39 is 10.0 Å². The molecule has 2 aromatic carbocycles. The first kappa shape index (κ1) is 21.9. The Bertz CT molecular complexity index is 898. The average Bonchev–Trinajstić information content (AvgIpc) is 2.59. The van der Waals surface area contributed by atoms with Gasteiger partial charge in [-0.05, 0) is 63.6 Å². The van der Waals surface area contributed by atoms with Crippen LogP contribution in [-0.2, 0) is 10.0 Å². The number of sulfonamides is 1. The normalized spacial score (nSPS) is 12.4. The van der Waals surface area contributed by atoms with E-state index in [9.17, 15) is 8.42 Å². The first-order valence-corrected chi connectivity index (χ1v) is 11.1. The smallest absolute Gasteiger partial charge is 0.253 e. The first-order chi connectivity index (χ1) is 12.7. The summed E-state index contributed by atoms with van der Waals surface area (Å²) >= 11 is 6.90. The summed E-state index contributed by atoms with van der Waals surface area (Å²) in [7, 11) is -3.64. The van der Waals surface area contributed by atoms with E-state index in [-0.39, 0.29) is 10.9 Å². The minimum atomic E-state index is -3.64. The summed E-state index contributed by atoms with van der Waals surface area (Å²) in [6.07, 6.45) is 1.73. The fourth-order valence-electron chi connectivity index (χ4n) is 2.37. The molecule has 5 nitrogen and oxygen atoms in total. The van der Waals surface area contributed by atoms with Crippen molar-refractivity contribution >= 4 is 45.7 Å². The Hall–Kier alpha value is -1.38. The molecule has 0 atom stereocenters. The number of hydrogen-bond donors (Lipinski definition) is 1. The summed E-state index contributed by atoms with van der Waals surface area (Å²) in [6.45, 7) is 8.14. The Kier molecular flexibility index (Phi) is 7.88. The van der Waals surface area contributed by atoms with Crippen LogP contribution in [0, 0.1) is 13.8 Å². The molecule has 2 aromatic rings. The van der Waals surface area contributed by atoms with Gasteiger partial charge in [0.1, 0.15) is 0 Å². The molecule has 1 N–H and O–H groups in total. The summed E-state index contributed by atoms with van der Waals surface area (Å²) in [5.74, 6) is 0. The van der Waals surface area contributed by atoms with E-state index in [2.05, 4.69) is 15.8 Å². The average molecular weight is 426 g/mol. The molecule has 0 saturated carbocycles. The maximum Gasteiger partial charge on any atom is 0.253 e. The topological polar surface area (TPSA) is 61.8 Å². The van der Waals surface area contributed by atoms with Crippen LogP contribution in [-0.4, -0.2) is 30.9 Å². The van der Waals surface area contributed by atoms with Gasteiger partial charge in [0.15, 0.2) is 0 Å². The molecule has 0 aliphatic rings. The molecule has 0 heterocycles. The van der Waals surface area contributed by atoms with Crippen LogP contribution in [0.2, 0.25) is 5.02 Å². The van der Waals surface area contributed by atoms with E-state index in [0.717, 1.165) is 23.4 Å². The number of halogens is 1. The second kappa shape index (κ2) is 9.71. The van der Waals surface area contributed by atoms with Gasteiger partial charge >= 0.3 is 0 Å². The van der Waals surface area contributed by atoms with E-state index in [1.54, 1.807) is 18.3 Å². The summed E-state index contributed by atoms with van der Waals surface area (Å²) in [4.78, 5) is 4.64. The quantitative estimate of drug-likeness (QED) is 0.370. The largest absolute Gasteiger partial charge is 0.260 e. The Labute approximate surface area is 171 Å². The van der Waals surface area contributed by atoms with Gasteiger partial charge in [-0.2, -0.15) is 0 Å². The fourth-order valence-corrected chi connectivity index (χ4v) is 5.04. The maximum atomic E-state index is 12.8. The van der Waals surface area contributed by atoms with Crippen molar-refractivity contribution in [3.05, 3.63) is 58.6 Å². The van der Waals surface area contributed by atoms with Gasteiger partial charge in [0.2, 0.25) is 0 Å². The molecule has 146 valence electrons. The van der Waals surface area contributed by atoms with Gasteiger partial charge in [0, 0.05) is 36.0 Å². The number of rotatable bonds is 8. The first-order valence-electron chi connectivity index (χ1n) is 8.51.